The highest BCUT2D eigenvalue weighted by atomic mass is 35.5. The molecule has 4 aromatic rings. The van der Waals surface area contributed by atoms with E-state index in [0.29, 0.717) is 39.8 Å². The molecule has 1 aliphatic carbocycles. The fraction of sp³-hybridized carbons (Fsp3) is 0.382. The Hall–Kier alpha value is -3.46. The van der Waals surface area contributed by atoms with Crippen LogP contribution in [-0.2, 0) is 21.6 Å². The molecular weight excluding hydrogens is 602 g/mol. The Balaban J connectivity index is 1.40. The number of imidazole rings is 1. The molecule has 226 valence electrons. The second kappa shape index (κ2) is 10.0. The van der Waals surface area contributed by atoms with Crippen molar-refractivity contribution in [2.75, 3.05) is 18.5 Å². The van der Waals surface area contributed by atoms with Crippen molar-refractivity contribution in [3.8, 4) is 0 Å². The minimum absolute atomic E-state index is 0.0172. The molecule has 1 saturated carbocycles. The molecular formula is C34H31Cl2FN4O3. The number of halogens is 3. The summed E-state index contributed by atoms with van der Waals surface area (Å²) in [6.07, 6.45) is 2.96. The summed E-state index contributed by atoms with van der Waals surface area (Å²) in [5.41, 5.74) is 3.52. The molecule has 4 atom stereocenters. The summed E-state index contributed by atoms with van der Waals surface area (Å²) in [6.45, 7) is 5.36. The third-order valence-corrected chi connectivity index (χ3v) is 10.6. The van der Waals surface area contributed by atoms with E-state index in [9.17, 15) is 9.59 Å². The predicted molar refractivity (Wildman–Crippen MR) is 167 cm³/mol. The van der Waals surface area contributed by atoms with Crippen molar-refractivity contribution in [3.63, 3.8) is 0 Å². The summed E-state index contributed by atoms with van der Waals surface area (Å²) in [7, 11) is 0. The molecule has 0 unspecified atom stereocenters. The highest BCUT2D eigenvalue weighted by molar-refractivity contribution is 6.31. The molecule has 0 bridgehead atoms. The predicted octanol–water partition coefficient (Wildman–Crippen LogP) is 7.18. The molecule has 4 heterocycles. The van der Waals surface area contributed by atoms with Crippen LogP contribution in [0.4, 0.5) is 10.1 Å². The molecule has 3 aliphatic heterocycles. The minimum atomic E-state index is -1.19. The van der Waals surface area contributed by atoms with E-state index in [1.165, 1.54) is 0 Å². The van der Waals surface area contributed by atoms with Crippen LogP contribution in [0, 0.1) is 18.7 Å². The van der Waals surface area contributed by atoms with E-state index in [1.807, 2.05) is 19.1 Å². The number of anilines is 1. The number of likely N-dealkylation sites (tertiary alicyclic amines) is 1. The zero-order valence-electron chi connectivity index (χ0n) is 24.4. The minimum Gasteiger partial charge on any atom is -0.462 e. The molecule has 1 amide bonds. The standard InChI is InChI=1S/C34H31Cl2FN4O3/c1-3-44-32(42)21-15-25-27(13-17(21)2)40-12-11-26-28(31(40)38-25)29(20-5-4-6-23(36)30(20)37)34(41(26)16-18-7-8-18)22-10-9-19(35)14-24(22)39-33(34)43/h4-6,9-10,13-15,18,26,28-29H,3,7-8,11-12,16H2,1-2H3,(H,39,43)/t26-,28+,29-,34+/m0/s1. The average Bonchev–Trinajstić information content (AvgIpc) is 3.59. The Morgan fingerprint density at radius 2 is 1.98 bits per heavy atom. The fourth-order valence-corrected chi connectivity index (χ4v) is 8.52. The van der Waals surface area contributed by atoms with Gasteiger partial charge >= 0.3 is 5.97 Å². The van der Waals surface area contributed by atoms with Crippen molar-refractivity contribution >= 4 is 51.8 Å². The van der Waals surface area contributed by atoms with Crippen LogP contribution >= 0.6 is 23.2 Å². The van der Waals surface area contributed by atoms with Crippen LogP contribution in [0.2, 0.25) is 10.0 Å². The van der Waals surface area contributed by atoms with E-state index in [2.05, 4.69) is 14.8 Å². The number of carbonyl (C=O) groups excluding carboxylic acids is 2. The largest absolute Gasteiger partial charge is 0.462 e. The lowest BCUT2D eigenvalue weighted by molar-refractivity contribution is -0.128. The van der Waals surface area contributed by atoms with E-state index >= 15 is 4.39 Å². The third kappa shape index (κ3) is 3.87. The van der Waals surface area contributed by atoms with Crippen molar-refractivity contribution in [2.24, 2.45) is 5.92 Å². The van der Waals surface area contributed by atoms with E-state index in [1.54, 1.807) is 43.3 Å². The first-order valence-electron chi connectivity index (χ1n) is 15.2. The van der Waals surface area contributed by atoms with Gasteiger partial charge in [0.15, 0.2) is 0 Å². The zero-order chi connectivity index (χ0) is 30.5. The number of rotatable bonds is 5. The first-order valence-corrected chi connectivity index (χ1v) is 16.0. The molecule has 3 aromatic carbocycles. The van der Waals surface area contributed by atoms with Gasteiger partial charge in [0.05, 0.1) is 28.2 Å². The number of hydrogen-bond donors (Lipinski definition) is 1. The Morgan fingerprint density at radius 3 is 2.75 bits per heavy atom. The van der Waals surface area contributed by atoms with Gasteiger partial charge in [0.2, 0.25) is 5.91 Å². The van der Waals surface area contributed by atoms with Crippen molar-refractivity contribution in [2.45, 2.75) is 63.1 Å². The molecule has 0 radical (unpaired) electrons. The van der Waals surface area contributed by atoms with Crippen LogP contribution in [-0.4, -0.2) is 45.5 Å². The zero-order valence-corrected chi connectivity index (χ0v) is 25.9. The quantitative estimate of drug-likeness (QED) is 0.236. The fourth-order valence-electron chi connectivity index (χ4n) is 8.17. The number of benzene rings is 3. The summed E-state index contributed by atoms with van der Waals surface area (Å²) in [4.78, 5) is 34.9. The summed E-state index contributed by atoms with van der Waals surface area (Å²) >= 11 is 12.8. The molecule has 2 fully saturated rings. The summed E-state index contributed by atoms with van der Waals surface area (Å²) < 4.78 is 23.8. The summed E-state index contributed by atoms with van der Waals surface area (Å²) in [5, 5.41) is 3.66. The van der Waals surface area contributed by atoms with Crippen molar-refractivity contribution < 1.29 is 18.7 Å². The molecule has 7 nitrogen and oxygen atoms in total. The number of fused-ring (bicyclic) bond motifs is 7. The molecule has 44 heavy (non-hydrogen) atoms. The van der Waals surface area contributed by atoms with Gasteiger partial charge in [-0.3, -0.25) is 9.69 Å². The van der Waals surface area contributed by atoms with Crippen molar-refractivity contribution in [1.82, 2.24) is 14.5 Å². The number of nitrogens with zero attached hydrogens (tertiary/aromatic N) is 3. The number of aromatic nitrogens is 2. The number of aryl methyl sites for hydroxylation is 2. The van der Waals surface area contributed by atoms with Crippen molar-refractivity contribution in [3.05, 3.63) is 92.5 Å². The Labute approximate surface area is 264 Å². The third-order valence-electron chi connectivity index (χ3n) is 10.1. The van der Waals surface area contributed by atoms with E-state index < -0.39 is 17.3 Å². The Morgan fingerprint density at radius 1 is 1.16 bits per heavy atom. The molecule has 1 spiro atoms. The monoisotopic (exact) mass is 632 g/mol. The maximum atomic E-state index is 16.3. The Bertz CT molecular complexity index is 1890. The van der Waals surface area contributed by atoms with Gasteiger partial charge in [0, 0.05) is 47.2 Å². The van der Waals surface area contributed by atoms with Crippen LogP contribution in [0.15, 0.2) is 48.5 Å². The summed E-state index contributed by atoms with van der Waals surface area (Å²) in [5.74, 6) is -0.797. The van der Waals surface area contributed by atoms with Gasteiger partial charge in [0.1, 0.15) is 17.2 Å². The van der Waals surface area contributed by atoms with Crippen LogP contribution in [0.5, 0.6) is 0 Å². The van der Waals surface area contributed by atoms with Gasteiger partial charge < -0.3 is 14.6 Å². The topological polar surface area (TPSA) is 76.5 Å². The lowest BCUT2D eigenvalue weighted by Gasteiger charge is -2.40. The highest BCUT2D eigenvalue weighted by Crippen LogP contribution is 2.64. The molecule has 1 aromatic heterocycles. The van der Waals surface area contributed by atoms with Crippen LogP contribution in [0.3, 0.4) is 0 Å². The second-order valence-corrected chi connectivity index (χ2v) is 13.4. The maximum Gasteiger partial charge on any atom is 0.338 e. The van der Waals surface area contributed by atoms with Gasteiger partial charge in [0.25, 0.3) is 0 Å². The van der Waals surface area contributed by atoms with Crippen LogP contribution in [0.1, 0.15) is 70.9 Å². The van der Waals surface area contributed by atoms with Gasteiger partial charge in [-0.25, -0.2) is 14.2 Å². The number of amides is 1. The number of hydrogen-bond acceptors (Lipinski definition) is 5. The summed E-state index contributed by atoms with van der Waals surface area (Å²) in [6, 6.07) is 14.3. The number of esters is 1. The lowest BCUT2D eigenvalue weighted by atomic mass is 9.70. The first-order chi connectivity index (χ1) is 21.2. The van der Waals surface area contributed by atoms with E-state index in [0.717, 1.165) is 48.3 Å². The van der Waals surface area contributed by atoms with E-state index in [-0.39, 0.29) is 35.5 Å². The number of nitrogens with one attached hydrogen (secondary N) is 1. The normalized spacial score (nSPS) is 25.7. The maximum absolute atomic E-state index is 16.3. The van der Waals surface area contributed by atoms with Crippen LogP contribution in [0.25, 0.3) is 11.0 Å². The van der Waals surface area contributed by atoms with Gasteiger partial charge in [-0.05, 0) is 80.5 Å². The first kappa shape index (κ1) is 28.0. The molecule has 10 heteroatoms. The van der Waals surface area contributed by atoms with Crippen molar-refractivity contribution in [1.29, 1.82) is 0 Å². The second-order valence-electron chi connectivity index (χ2n) is 12.5. The highest BCUT2D eigenvalue weighted by Gasteiger charge is 2.69. The average molecular weight is 634 g/mol. The number of carbonyl (C=O) groups is 2. The molecule has 1 saturated heterocycles. The smallest absolute Gasteiger partial charge is 0.338 e. The Kier molecular flexibility index (Phi) is 6.39. The lowest BCUT2D eigenvalue weighted by Crippen LogP contribution is -2.53. The molecule has 4 aliphatic rings. The molecule has 1 N–H and O–H groups in total. The molecule has 8 rings (SSSR count). The van der Waals surface area contributed by atoms with Crippen LogP contribution < -0.4 is 5.32 Å². The van der Waals surface area contributed by atoms with Gasteiger partial charge in [-0.2, -0.15) is 0 Å². The van der Waals surface area contributed by atoms with E-state index in [4.69, 9.17) is 32.9 Å². The van der Waals surface area contributed by atoms with Gasteiger partial charge in [-0.15, -0.1) is 0 Å². The SMILES string of the molecule is CCOC(=O)c1cc2nc3n(c2cc1C)CC[C@H]1[C@@H]3[C@H](c2cccc(Cl)c2F)[C@]2(C(=O)Nc3cc(Cl)ccc32)N1CC1CC1. The number of ether oxygens (including phenoxy) is 1. The van der Waals surface area contributed by atoms with Gasteiger partial charge in [-0.1, -0.05) is 41.4 Å².